The Morgan fingerprint density at radius 1 is 1.10 bits per heavy atom. The molecule has 2 aliphatic carbocycles. The molecule has 0 unspecified atom stereocenters. The van der Waals surface area contributed by atoms with Crippen molar-refractivity contribution < 1.29 is 9.59 Å². The Bertz CT molecular complexity index is 1210. The Kier molecular flexibility index (Phi) is 3.91. The Balaban J connectivity index is 1.38. The molecule has 3 aromatic rings. The van der Waals surface area contributed by atoms with E-state index in [4.69, 9.17) is 4.98 Å². The fraction of sp³-hybridized carbons (Fsp3) is 0.320. The Hall–Kier alpha value is -3.21. The van der Waals surface area contributed by atoms with Crippen LogP contribution in [0.1, 0.15) is 56.8 Å². The van der Waals surface area contributed by atoms with Crippen LogP contribution in [0.4, 0.5) is 5.69 Å². The van der Waals surface area contributed by atoms with E-state index in [9.17, 15) is 9.59 Å². The van der Waals surface area contributed by atoms with Gasteiger partial charge in [-0.3, -0.25) is 14.6 Å². The van der Waals surface area contributed by atoms with E-state index in [0.29, 0.717) is 29.3 Å². The third kappa shape index (κ3) is 2.80. The van der Waals surface area contributed by atoms with E-state index in [-0.39, 0.29) is 11.8 Å². The summed E-state index contributed by atoms with van der Waals surface area (Å²) in [7, 11) is 0. The van der Waals surface area contributed by atoms with Gasteiger partial charge in [0.25, 0.3) is 11.8 Å². The molecule has 1 fully saturated rings. The minimum absolute atomic E-state index is 0.0395. The lowest BCUT2D eigenvalue weighted by atomic mass is 10.00. The topological polar surface area (TPSA) is 62.3 Å². The molecule has 30 heavy (non-hydrogen) atoms. The molecule has 2 aromatic carbocycles. The Labute approximate surface area is 175 Å². The number of pyridine rings is 1. The van der Waals surface area contributed by atoms with E-state index in [1.807, 2.05) is 47.4 Å². The first kappa shape index (κ1) is 17.6. The maximum Gasteiger partial charge on any atom is 0.256 e. The lowest BCUT2D eigenvalue weighted by Gasteiger charge is -2.16. The second kappa shape index (κ2) is 6.66. The van der Waals surface area contributed by atoms with Gasteiger partial charge in [0.1, 0.15) is 0 Å². The molecule has 2 heterocycles. The van der Waals surface area contributed by atoms with Crippen molar-refractivity contribution in [2.75, 3.05) is 11.9 Å². The normalized spacial score (nSPS) is 17.3. The number of amides is 2. The van der Waals surface area contributed by atoms with Crippen LogP contribution in [0.5, 0.6) is 0 Å². The monoisotopic (exact) mass is 397 g/mol. The summed E-state index contributed by atoms with van der Waals surface area (Å²) in [6.07, 6.45) is 5.23. The first-order chi connectivity index (χ1) is 14.7. The largest absolute Gasteiger partial charge is 0.334 e. The number of hydrogen-bond donors (Lipinski definition) is 1. The highest BCUT2D eigenvalue weighted by atomic mass is 16.2. The molecule has 1 aromatic heterocycles. The summed E-state index contributed by atoms with van der Waals surface area (Å²) in [5.74, 6) is 0.540. The summed E-state index contributed by atoms with van der Waals surface area (Å²) in [6.45, 7) is 1.46. The number of anilines is 1. The number of aromatic nitrogens is 1. The second-order valence-corrected chi connectivity index (χ2v) is 8.71. The van der Waals surface area contributed by atoms with Gasteiger partial charge >= 0.3 is 0 Å². The van der Waals surface area contributed by atoms with Gasteiger partial charge in [-0.25, -0.2) is 0 Å². The van der Waals surface area contributed by atoms with Crippen LogP contribution in [-0.2, 0) is 19.4 Å². The number of nitrogens with one attached hydrogen (secondary N) is 1. The molecule has 0 radical (unpaired) electrons. The SMILES string of the molecule is O=C(Nc1cccc2c1C(=O)N(CC1CC1)C2)c1c2c(nc3ccccc13)CCC2. The van der Waals surface area contributed by atoms with Gasteiger partial charge in [0.15, 0.2) is 0 Å². The molecule has 150 valence electrons. The van der Waals surface area contributed by atoms with Gasteiger partial charge in [-0.2, -0.15) is 0 Å². The molecule has 0 spiro atoms. The minimum atomic E-state index is -0.145. The summed E-state index contributed by atoms with van der Waals surface area (Å²) >= 11 is 0. The first-order valence-electron chi connectivity index (χ1n) is 10.8. The summed E-state index contributed by atoms with van der Waals surface area (Å²) in [4.78, 5) is 33.3. The van der Waals surface area contributed by atoms with Crippen LogP contribution in [0, 0.1) is 5.92 Å². The molecule has 5 nitrogen and oxygen atoms in total. The van der Waals surface area contributed by atoms with E-state index in [1.165, 1.54) is 12.8 Å². The number of nitrogens with zero attached hydrogens (tertiary/aromatic N) is 2. The van der Waals surface area contributed by atoms with Crippen LogP contribution >= 0.6 is 0 Å². The van der Waals surface area contributed by atoms with Gasteiger partial charge < -0.3 is 10.2 Å². The molecule has 0 atom stereocenters. The molecule has 6 rings (SSSR count). The molecule has 1 saturated carbocycles. The van der Waals surface area contributed by atoms with Gasteiger partial charge in [-0.15, -0.1) is 0 Å². The molecule has 2 amide bonds. The van der Waals surface area contributed by atoms with Crippen LogP contribution in [0.2, 0.25) is 0 Å². The van der Waals surface area contributed by atoms with Crippen molar-refractivity contribution >= 4 is 28.4 Å². The van der Waals surface area contributed by atoms with Gasteiger partial charge in [-0.1, -0.05) is 30.3 Å². The van der Waals surface area contributed by atoms with Crippen LogP contribution in [0.3, 0.4) is 0 Å². The van der Waals surface area contributed by atoms with E-state index in [1.54, 1.807) is 0 Å². The van der Waals surface area contributed by atoms with Crippen molar-refractivity contribution in [2.24, 2.45) is 5.92 Å². The average Bonchev–Trinajstić information content (AvgIpc) is 3.35. The molecule has 0 bridgehead atoms. The number of fused-ring (bicyclic) bond motifs is 3. The zero-order valence-corrected chi connectivity index (χ0v) is 16.8. The number of carbonyl (C=O) groups is 2. The Morgan fingerprint density at radius 2 is 1.97 bits per heavy atom. The number of carbonyl (C=O) groups excluding carboxylic acids is 2. The van der Waals surface area contributed by atoms with E-state index < -0.39 is 0 Å². The smallest absolute Gasteiger partial charge is 0.256 e. The van der Waals surface area contributed by atoms with Crippen molar-refractivity contribution in [1.29, 1.82) is 0 Å². The average molecular weight is 397 g/mol. The molecule has 1 aliphatic heterocycles. The van der Waals surface area contributed by atoms with Gasteiger partial charge in [-0.05, 0) is 61.3 Å². The highest BCUT2D eigenvalue weighted by molar-refractivity contribution is 6.16. The third-order valence-corrected chi connectivity index (χ3v) is 6.58. The van der Waals surface area contributed by atoms with Crippen LogP contribution in [0.15, 0.2) is 42.5 Å². The lowest BCUT2D eigenvalue weighted by Crippen LogP contribution is -2.26. The zero-order chi connectivity index (χ0) is 20.2. The number of aryl methyl sites for hydroxylation is 1. The predicted octanol–water partition coefficient (Wildman–Crippen LogP) is 4.34. The van der Waals surface area contributed by atoms with Crippen molar-refractivity contribution in [3.05, 3.63) is 70.4 Å². The first-order valence-corrected chi connectivity index (χ1v) is 10.8. The van der Waals surface area contributed by atoms with Crippen molar-refractivity contribution in [3.63, 3.8) is 0 Å². The number of para-hydroxylation sites is 1. The molecule has 1 N–H and O–H groups in total. The maximum atomic E-state index is 13.5. The van der Waals surface area contributed by atoms with E-state index in [2.05, 4.69) is 5.32 Å². The highest BCUT2D eigenvalue weighted by Gasteiger charge is 2.34. The second-order valence-electron chi connectivity index (χ2n) is 8.71. The van der Waals surface area contributed by atoms with Gasteiger partial charge in [0.2, 0.25) is 0 Å². The molecule has 3 aliphatic rings. The van der Waals surface area contributed by atoms with Gasteiger partial charge in [0, 0.05) is 24.2 Å². The lowest BCUT2D eigenvalue weighted by molar-refractivity contribution is 0.0772. The van der Waals surface area contributed by atoms with Crippen LogP contribution in [0.25, 0.3) is 10.9 Å². The van der Waals surface area contributed by atoms with E-state index in [0.717, 1.165) is 53.5 Å². The predicted molar refractivity (Wildman–Crippen MR) is 116 cm³/mol. The summed E-state index contributed by atoms with van der Waals surface area (Å²) in [6, 6.07) is 13.6. The number of rotatable bonds is 4. The van der Waals surface area contributed by atoms with Crippen LogP contribution in [-0.4, -0.2) is 28.2 Å². The standard InChI is InChI=1S/C25H23N3O2/c29-24(23-17-6-1-2-8-19(17)26-20-9-4-7-18(20)23)27-21-10-3-5-16-14-28(13-15-11-12-15)25(30)22(16)21/h1-3,5-6,8,10,15H,4,7,9,11-14H2,(H,27,29). The van der Waals surface area contributed by atoms with E-state index >= 15 is 0 Å². The van der Waals surface area contributed by atoms with Crippen molar-refractivity contribution in [2.45, 2.75) is 38.6 Å². The summed E-state index contributed by atoms with van der Waals surface area (Å²) in [5.41, 5.74) is 5.93. The van der Waals surface area contributed by atoms with Crippen LogP contribution < -0.4 is 5.32 Å². The van der Waals surface area contributed by atoms with Gasteiger partial charge in [0.05, 0.1) is 22.3 Å². The molecule has 0 saturated heterocycles. The maximum absolute atomic E-state index is 13.5. The molecular weight excluding hydrogens is 374 g/mol. The van der Waals surface area contributed by atoms with Crippen molar-refractivity contribution in [3.8, 4) is 0 Å². The molecule has 5 heteroatoms. The fourth-order valence-electron chi connectivity index (χ4n) is 4.94. The number of hydrogen-bond acceptors (Lipinski definition) is 3. The Morgan fingerprint density at radius 3 is 2.83 bits per heavy atom. The fourth-order valence-corrected chi connectivity index (χ4v) is 4.94. The number of benzene rings is 2. The quantitative estimate of drug-likeness (QED) is 0.712. The zero-order valence-electron chi connectivity index (χ0n) is 16.8. The third-order valence-electron chi connectivity index (χ3n) is 6.58. The minimum Gasteiger partial charge on any atom is -0.334 e. The van der Waals surface area contributed by atoms with Crippen molar-refractivity contribution in [1.82, 2.24) is 9.88 Å². The highest BCUT2D eigenvalue weighted by Crippen LogP contribution is 2.36. The molecular formula is C25H23N3O2. The summed E-state index contributed by atoms with van der Waals surface area (Å²) < 4.78 is 0. The summed E-state index contributed by atoms with van der Waals surface area (Å²) in [5, 5.41) is 3.97.